The molecule has 0 bridgehead atoms. The second-order valence-corrected chi connectivity index (χ2v) is 8.25. The Morgan fingerprint density at radius 1 is 1.29 bits per heavy atom. The Labute approximate surface area is 181 Å². The van der Waals surface area contributed by atoms with E-state index in [1.807, 2.05) is 54.0 Å². The van der Waals surface area contributed by atoms with E-state index in [0.29, 0.717) is 22.5 Å². The van der Waals surface area contributed by atoms with Crippen molar-refractivity contribution in [2.45, 2.75) is 18.6 Å². The molecule has 1 N–H and O–H groups in total. The van der Waals surface area contributed by atoms with E-state index in [-0.39, 0.29) is 11.7 Å². The first-order valence-electron chi connectivity index (χ1n) is 8.46. The van der Waals surface area contributed by atoms with E-state index in [1.54, 1.807) is 6.08 Å². The lowest BCUT2D eigenvalue weighted by atomic mass is 10.2. The number of rotatable bonds is 7. The van der Waals surface area contributed by atoms with Gasteiger partial charge < -0.3 is 5.32 Å². The second-order valence-electron chi connectivity index (χ2n) is 6.01. The summed E-state index contributed by atoms with van der Waals surface area (Å²) in [5, 5.41) is 12.8. The number of thioether (sulfide) groups is 1. The maximum atomic E-state index is 12.3. The van der Waals surface area contributed by atoms with Gasteiger partial charge in [0, 0.05) is 27.3 Å². The standard InChI is InChI=1S/C20H18BrClN4OS/c1-3-10-26-19(14-4-6-15(22)7-5-14)24-25-20(26)28-12-18(27)23-16-8-9-17(21)13(2)11-16/h3-9,11H,1,10,12H2,2H3,(H,23,27). The zero-order valence-electron chi connectivity index (χ0n) is 15.2. The Kier molecular flexibility index (Phi) is 6.93. The number of nitrogens with one attached hydrogen (secondary N) is 1. The highest BCUT2D eigenvalue weighted by molar-refractivity contribution is 9.10. The van der Waals surface area contributed by atoms with Gasteiger partial charge in [-0.3, -0.25) is 9.36 Å². The van der Waals surface area contributed by atoms with Crippen LogP contribution in [-0.2, 0) is 11.3 Å². The molecule has 0 radical (unpaired) electrons. The van der Waals surface area contributed by atoms with Gasteiger partial charge in [-0.05, 0) is 55.0 Å². The van der Waals surface area contributed by atoms with Crippen molar-refractivity contribution < 1.29 is 4.79 Å². The summed E-state index contributed by atoms with van der Waals surface area (Å²) in [6, 6.07) is 13.1. The van der Waals surface area contributed by atoms with Crippen molar-refractivity contribution in [2.75, 3.05) is 11.1 Å². The number of hydrogen-bond acceptors (Lipinski definition) is 4. The third-order valence-corrected chi connectivity index (χ3v) is 6.01. The highest BCUT2D eigenvalue weighted by Crippen LogP contribution is 2.26. The Balaban J connectivity index is 1.71. The van der Waals surface area contributed by atoms with Gasteiger partial charge >= 0.3 is 0 Å². The van der Waals surface area contributed by atoms with Crippen molar-refractivity contribution in [2.24, 2.45) is 0 Å². The molecule has 0 unspecified atom stereocenters. The van der Waals surface area contributed by atoms with Crippen molar-refractivity contribution in [1.29, 1.82) is 0 Å². The molecule has 2 aromatic carbocycles. The largest absolute Gasteiger partial charge is 0.325 e. The quantitative estimate of drug-likeness (QED) is 0.356. The van der Waals surface area contributed by atoms with Crippen LogP contribution < -0.4 is 5.32 Å². The van der Waals surface area contributed by atoms with Crippen LogP contribution in [0.15, 0.2) is 64.7 Å². The van der Waals surface area contributed by atoms with E-state index in [0.717, 1.165) is 21.3 Å². The average Bonchev–Trinajstić information content (AvgIpc) is 3.07. The smallest absolute Gasteiger partial charge is 0.234 e. The number of aryl methyl sites for hydroxylation is 1. The summed E-state index contributed by atoms with van der Waals surface area (Å²) >= 11 is 10.8. The number of carbonyl (C=O) groups excluding carboxylic acids is 1. The minimum atomic E-state index is -0.104. The molecule has 0 fully saturated rings. The van der Waals surface area contributed by atoms with Crippen LogP contribution in [0.3, 0.4) is 0 Å². The highest BCUT2D eigenvalue weighted by atomic mass is 79.9. The fraction of sp³-hybridized carbons (Fsp3) is 0.150. The van der Waals surface area contributed by atoms with Crippen molar-refractivity contribution in [3.05, 3.63) is 70.2 Å². The molecular weight excluding hydrogens is 460 g/mol. The number of allylic oxidation sites excluding steroid dienone is 1. The number of nitrogens with zero attached hydrogens (tertiary/aromatic N) is 3. The molecule has 3 rings (SSSR count). The van der Waals surface area contributed by atoms with Gasteiger partial charge in [-0.1, -0.05) is 45.4 Å². The van der Waals surface area contributed by atoms with Crippen LogP contribution in [0, 0.1) is 6.92 Å². The van der Waals surface area contributed by atoms with E-state index in [9.17, 15) is 4.79 Å². The summed E-state index contributed by atoms with van der Waals surface area (Å²) < 4.78 is 2.94. The van der Waals surface area contributed by atoms with Crippen molar-refractivity contribution in [3.63, 3.8) is 0 Å². The number of anilines is 1. The molecule has 8 heteroatoms. The minimum Gasteiger partial charge on any atom is -0.325 e. The number of amides is 1. The van der Waals surface area contributed by atoms with Gasteiger partial charge in [0.2, 0.25) is 5.91 Å². The van der Waals surface area contributed by atoms with Gasteiger partial charge in [0.05, 0.1) is 5.75 Å². The molecular formula is C20H18BrClN4OS. The number of carbonyl (C=O) groups is 1. The van der Waals surface area contributed by atoms with Crippen LogP contribution in [0.1, 0.15) is 5.56 Å². The van der Waals surface area contributed by atoms with E-state index in [4.69, 9.17) is 11.6 Å². The van der Waals surface area contributed by atoms with Gasteiger partial charge in [-0.2, -0.15) is 0 Å². The summed E-state index contributed by atoms with van der Waals surface area (Å²) in [4.78, 5) is 12.3. The van der Waals surface area contributed by atoms with Crippen LogP contribution in [0.25, 0.3) is 11.4 Å². The van der Waals surface area contributed by atoms with Gasteiger partial charge in [0.1, 0.15) is 0 Å². The Bertz CT molecular complexity index is 1000. The maximum Gasteiger partial charge on any atom is 0.234 e. The Morgan fingerprint density at radius 3 is 2.71 bits per heavy atom. The number of halogens is 2. The fourth-order valence-electron chi connectivity index (χ4n) is 2.55. The number of benzene rings is 2. The monoisotopic (exact) mass is 476 g/mol. The van der Waals surface area contributed by atoms with E-state index < -0.39 is 0 Å². The third-order valence-electron chi connectivity index (χ3n) is 3.90. The fourth-order valence-corrected chi connectivity index (χ4v) is 3.67. The normalized spacial score (nSPS) is 10.7. The topological polar surface area (TPSA) is 59.8 Å². The summed E-state index contributed by atoms with van der Waals surface area (Å²) in [6.07, 6.45) is 1.78. The van der Waals surface area contributed by atoms with E-state index >= 15 is 0 Å². The molecule has 0 aliphatic heterocycles. The molecule has 1 amide bonds. The molecule has 0 spiro atoms. The van der Waals surface area contributed by atoms with Gasteiger partial charge in [0.15, 0.2) is 11.0 Å². The third kappa shape index (κ3) is 5.04. The van der Waals surface area contributed by atoms with Crippen LogP contribution in [-0.4, -0.2) is 26.4 Å². The maximum absolute atomic E-state index is 12.3. The minimum absolute atomic E-state index is 0.104. The summed E-state index contributed by atoms with van der Waals surface area (Å²) in [7, 11) is 0. The molecule has 1 aromatic heterocycles. The molecule has 28 heavy (non-hydrogen) atoms. The van der Waals surface area contributed by atoms with Gasteiger partial charge in [-0.25, -0.2) is 0 Å². The Hall–Kier alpha value is -2.09. The van der Waals surface area contributed by atoms with Crippen LogP contribution in [0.4, 0.5) is 5.69 Å². The number of aromatic nitrogens is 3. The molecule has 3 aromatic rings. The lowest BCUT2D eigenvalue weighted by molar-refractivity contribution is -0.113. The van der Waals surface area contributed by atoms with Crippen LogP contribution >= 0.6 is 39.3 Å². The second kappa shape index (κ2) is 9.41. The molecule has 5 nitrogen and oxygen atoms in total. The summed E-state index contributed by atoms with van der Waals surface area (Å²) in [5.41, 5.74) is 2.73. The number of hydrogen-bond donors (Lipinski definition) is 1. The molecule has 1 heterocycles. The van der Waals surface area contributed by atoms with Crippen molar-refractivity contribution in [3.8, 4) is 11.4 Å². The summed E-state index contributed by atoms with van der Waals surface area (Å²) in [5.74, 6) is 0.835. The first-order valence-corrected chi connectivity index (χ1v) is 10.6. The van der Waals surface area contributed by atoms with E-state index in [1.165, 1.54) is 11.8 Å². The molecule has 0 aliphatic rings. The molecule has 0 atom stereocenters. The zero-order valence-corrected chi connectivity index (χ0v) is 18.3. The van der Waals surface area contributed by atoms with Gasteiger partial charge in [0.25, 0.3) is 0 Å². The predicted octanol–water partition coefficient (Wildman–Crippen LogP) is 5.59. The van der Waals surface area contributed by atoms with Gasteiger partial charge in [-0.15, -0.1) is 16.8 Å². The van der Waals surface area contributed by atoms with Crippen molar-refractivity contribution >= 4 is 50.9 Å². The van der Waals surface area contributed by atoms with Crippen molar-refractivity contribution in [1.82, 2.24) is 14.8 Å². The first kappa shape index (κ1) is 20.6. The molecule has 0 aliphatic carbocycles. The van der Waals surface area contributed by atoms with Crippen LogP contribution in [0.5, 0.6) is 0 Å². The molecule has 144 valence electrons. The average molecular weight is 478 g/mol. The molecule has 0 saturated heterocycles. The van der Waals surface area contributed by atoms with E-state index in [2.05, 4.69) is 38.0 Å². The lowest BCUT2D eigenvalue weighted by Gasteiger charge is -2.09. The van der Waals surface area contributed by atoms with Crippen LogP contribution in [0.2, 0.25) is 5.02 Å². The lowest BCUT2D eigenvalue weighted by Crippen LogP contribution is -2.14. The Morgan fingerprint density at radius 2 is 2.04 bits per heavy atom. The highest BCUT2D eigenvalue weighted by Gasteiger charge is 2.15. The SMILES string of the molecule is C=CCn1c(SCC(=O)Nc2ccc(Br)c(C)c2)nnc1-c1ccc(Cl)cc1. The predicted molar refractivity (Wildman–Crippen MR) is 119 cm³/mol. The summed E-state index contributed by atoms with van der Waals surface area (Å²) in [6.45, 7) is 6.32. The molecule has 0 saturated carbocycles. The first-order chi connectivity index (χ1) is 13.5. The zero-order chi connectivity index (χ0) is 20.1.